The highest BCUT2D eigenvalue weighted by atomic mass is 35.5. The van der Waals surface area contributed by atoms with Crippen LogP contribution in [-0.4, -0.2) is 65.8 Å². The zero-order chi connectivity index (χ0) is 28.5. The van der Waals surface area contributed by atoms with Gasteiger partial charge in [-0.15, -0.1) is 6.42 Å². The molecular weight excluding hydrogens is 514 g/mol. The van der Waals surface area contributed by atoms with Gasteiger partial charge in [0.15, 0.2) is 0 Å². The number of hydrogen-bond acceptors (Lipinski definition) is 7. The van der Waals surface area contributed by atoms with Crippen LogP contribution in [0.25, 0.3) is 10.9 Å². The minimum absolute atomic E-state index is 0.121. The quantitative estimate of drug-likeness (QED) is 0.331. The number of aromatic nitrogens is 2. The van der Waals surface area contributed by atoms with Gasteiger partial charge in [-0.3, -0.25) is 9.36 Å². The number of carbonyl (C=O) groups excluding carboxylic acids is 1. The Balaban J connectivity index is 1.67. The molecule has 1 aromatic heterocycles. The summed E-state index contributed by atoms with van der Waals surface area (Å²) in [5.74, 6) is 2.98. The molecule has 1 fully saturated rings. The molecule has 206 valence electrons. The smallest absolute Gasteiger partial charge is 0.338 e. The molecule has 1 aliphatic heterocycles. The lowest BCUT2D eigenvalue weighted by Crippen LogP contribution is -2.46. The molecule has 0 N–H and O–H groups in total. The van der Waals surface area contributed by atoms with Crippen LogP contribution in [-0.2, 0) is 11.8 Å². The summed E-state index contributed by atoms with van der Waals surface area (Å²) in [7, 11) is 3.85. The maximum absolute atomic E-state index is 13.5. The number of nitrogens with zero attached hydrogens (tertiary/aromatic N) is 5. The first-order valence-electron chi connectivity index (χ1n) is 13.1. The van der Waals surface area contributed by atoms with Gasteiger partial charge in [-0.25, -0.2) is 9.78 Å². The Kier molecular flexibility index (Phi) is 8.24. The minimum atomic E-state index is -0.580. The molecule has 39 heavy (non-hydrogen) atoms. The van der Waals surface area contributed by atoms with Crippen LogP contribution in [0.15, 0.2) is 41.2 Å². The lowest BCUT2D eigenvalue weighted by Gasteiger charge is -2.34. The summed E-state index contributed by atoms with van der Waals surface area (Å²) in [6.45, 7) is 11.2. The fourth-order valence-electron chi connectivity index (χ4n) is 4.75. The van der Waals surface area contributed by atoms with E-state index in [4.69, 9.17) is 27.7 Å². The molecule has 1 saturated heterocycles. The molecule has 1 aliphatic rings. The summed E-state index contributed by atoms with van der Waals surface area (Å²) >= 11 is 6.80. The van der Waals surface area contributed by atoms with E-state index in [1.54, 1.807) is 29.8 Å². The van der Waals surface area contributed by atoms with Crippen molar-refractivity contribution in [1.82, 2.24) is 14.5 Å². The largest absolute Gasteiger partial charge is 0.456 e. The Morgan fingerprint density at radius 3 is 2.38 bits per heavy atom. The summed E-state index contributed by atoms with van der Waals surface area (Å²) in [6, 6.07) is 10.5. The molecule has 0 radical (unpaired) electrons. The van der Waals surface area contributed by atoms with E-state index in [-0.39, 0.29) is 17.6 Å². The second-order valence-electron chi connectivity index (χ2n) is 11.0. The maximum atomic E-state index is 13.5. The number of halogens is 1. The fourth-order valence-corrected chi connectivity index (χ4v) is 5.07. The van der Waals surface area contributed by atoms with Gasteiger partial charge in [0.25, 0.3) is 5.56 Å². The normalized spacial score (nSPS) is 15.2. The number of hydrogen-bond donors (Lipinski definition) is 0. The van der Waals surface area contributed by atoms with Crippen molar-refractivity contribution < 1.29 is 9.53 Å². The van der Waals surface area contributed by atoms with E-state index in [2.05, 4.69) is 22.8 Å². The molecule has 0 amide bonds. The van der Waals surface area contributed by atoms with Crippen LogP contribution >= 0.6 is 11.6 Å². The lowest BCUT2D eigenvalue weighted by molar-refractivity contribution is 0.00695. The number of rotatable bonds is 6. The molecule has 0 aliphatic carbocycles. The topological polar surface area (TPSA) is 70.9 Å². The van der Waals surface area contributed by atoms with E-state index in [1.165, 1.54) is 0 Å². The summed E-state index contributed by atoms with van der Waals surface area (Å²) in [5.41, 5.74) is 1.91. The van der Waals surface area contributed by atoms with Crippen LogP contribution in [0.3, 0.4) is 0 Å². The number of carbonyl (C=O) groups is 1. The molecule has 1 unspecified atom stereocenters. The Labute approximate surface area is 235 Å². The van der Waals surface area contributed by atoms with Gasteiger partial charge in [0.05, 0.1) is 29.1 Å². The van der Waals surface area contributed by atoms with Crippen molar-refractivity contribution in [2.24, 2.45) is 7.05 Å². The standard InChI is InChI=1S/C30H36ClN5O3/c1-8-13-36(22-11-9-21(10-12-22)28(38)39-30(3,4)5)20(2)23-18-24-26(19-25(23)31)32-29(34(7)27(24)37)35-16-14-33(6)15-17-35/h1,9-12,18-20H,13-17H2,2-7H3. The van der Waals surface area contributed by atoms with Gasteiger partial charge in [0.1, 0.15) is 5.60 Å². The summed E-state index contributed by atoms with van der Waals surface area (Å²) in [5, 5.41) is 1.01. The van der Waals surface area contributed by atoms with Crippen molar-refractivity contribution in [3.05, 3.63) is 62.9 Å². The lowest BCUT2D eigenvalue weighted by atomic mass is 10.0. The van der Waals surface area contributed by atoms with Gasteiger partial charge in [0, 0.05) is 43.9 Å². The zero-order valence-electron chi connectivity index (χ0n) is 23.5. The van der Waals surface area contributed by atoms with Crippen LogP contribution < -0.4 is 15.4 Å². The van der Waals surface area contributed by atoms with E-state index in [9.17, 15) is 9.59 Å². The summed E-state index contributed by atoms with van der Waals surface area (Å²) < 4.78 is 7.09. The highest BCUT2D eigenvalue weighted by Crippen LogP contribution is 2.33. The van der Waals surface area contributed by atoms with Crippen LogP contribution in [0.5, 0.6) is 0 Å². The first-order valence-corrected chi connectivity index (χ1v) is 13.4. The highest BCUT2D eigenvalue weighted by molar-refractivity contribution is 6.32. The number of benzene rings is 2. The van der Waals surface area contributed by atoms with Gasteiger partial charge in [0.2, 0.25) is 5.95 Å². The Bertz CT molecular complexity index is 1460. The molecule has 1 atom stereocenters. The Morgan fingerprint density at radius 2 is 1.79 bits per heavy atom. The third kappa shape index (κ3) is 6.21. The number of anilines is 2. The number of terminal acetylenes is 1. The fraction of sp³-hybridized carbons (Fsp3) is 0.433. The molecule has 2 aromatic carbocycles. The van der Waals surface area contributed by atoms with E-state index >= 15 is 0 Å². The SMILES string of the molecule is C#CCN(c1ccc(C(=O)OC(C)(C)C)cc1)C(C)c1cc2c(=O)n(C)c(N3CCN(C)CC3)nc2cc1Cl. The van der Waals surface area contributed by atoms with Crippen molar-refractivity contribution in [3.8, 4) is 12.3 Å². The van der Waals surface area contributed by atoms with Crippen LogP contribution in [0.1, 0.15) is 49.7 Å². The molecule has 0 bridgehead atoms. The molecule has 2 heterocycles. The molecule has 0 saturated carbocycles. The molecular formula is C30H36ClN5O3. The number of piperazine rings is 1. The van der Waals surface area contributed by atoms with Crippen molar-refractivity contribution in [3.63, 3.8) is 0 Å². The number of ether oxygens (including phenoxy) is 1. The van der Waals surface area contributed by atoms with Crippen molar-refractivity contribution >= 4 is 40.1 Å². The van der Waals surface area contributed by atoms with Crippen LogP contribution in [0.2, 0.25) is 5.02 Å². The highest BCUT2D eigenvalue weighted by Gasteiger charge is 2.24. The number of esters is 1. The monoisotopic (exact) mass is 549 g/mol. The van der Waals surface area contributed by atoms with E-state index in [0.717, 1.165) is 37.4 Å². The van der Waals surface area contributed by atoms with Gasteiger partial charge < -0.3 is 19.4 Å². The minimum Gasteiger partial charge on any atom is -0.456 e. The number of likely N-dealkylation sites (N-methyl/N-ethyl adjacent to an activating group) is 1. The Hall–Kier alpha value is -3.54. The summed E-state index contributed by atoms with van der Waals surface area (Å²) in [4.78, 5) is 37.2. The molecule has 4 rings (SSSR count). The van der Waals surface area contributed by atoms with E-state index in [1.807, 2.05) is 50.8 Å². The van der Waals surface area contributed by atoms with Gasteiger partial charge >= 0.3 is 5.97 Å². The molecule has 3 aromatic rings. The van der Waals surface area contributed by atoms with Crippen molar-refractivity contribution in [2.75, 3.05) is 49.6 Å². The average molecular weight is 550 g/mol. The van der Waals surface area contributed by atoms with Crippen LogP contribution in [0.4, 0.5) is 11.6 Å². The van der Waals surface area contributed by atoms with E-state index in [0.29, 0.717) is 34.0 Å². The summed E-state index contributed by atoms with van der Waals surface area (Å²) in [6.07, 6.45) is 5.73. The third-order valence-corrected chi connectivity index (χ3v) is 7.30. The molecule has 8 nitrogen and oxygen atoms in total. The van der Waals surface area contributed by atoms with Gasteiger partial charge in [-0.1, -0.05) is 17.5 Å². The first-order chi connectivity index (χ1) is 18.4. The Morgan fingerprint density at radius 1 is 1.15 bits per heavy atom. The zero-order valence-corrected chi connectivity index (χ0v) is 24.2. The van der Waals surface area contributed by atoms with Gasteiger partial charge in [-0.05, 0) is 76.7 Å². The van der Waals surface area contributed by atoms with Crippen LogP contribution in [0, 0.1) is 12.3 Å². The predicted octanol–water partition coefficient (Wildman–Crippen LogP) is 4.49. The second-order valence-corrected chi connectivity index (χ2v) is 11.4. The first kappa shape index (κ1) is 28.5. The maximum Gasteiger partial charge on any atom is 0.338 e. The second kappa shape index (κ2) is 11.3. The number of fused-ring (bicyclic) bond motifs is 1. The average Bonchev–Trinajstić information content (AvgIpc) is 2.88. The third-order valence-electron chi connectivity index (χ3n) is 6.97. The van der Waals surface area contributed by atoms with Gasteiger partial charge in [-0.2, -0.15) is 0 Å². The molecule has 0 spiro atoms. The molecule has 9 heteroatoms. The van der Waals surface area contributed by atoms with Crippen molar-refractivity contribution in [2.45, 2.75) is 39.3 Å². The van der Waals surface area contributed by atoms with E-state index < -0.39 is 5.60 Å². The predicted molar refractivity (Wildman–Crippen MR) is 158 cm³/mol. The van der Waals surface area contributed by atoms with Crippen molar-refractivity contribution in [1.29, 1.82) is 0 Å².